The van der Waals surface area contributed by atoms with Gasteiger partial charge in [0.1, 0.15) is 5.25 Å². The average Bonchev–Trinajstić information content (AvgIpc) is 2.35. The van der Waals surface area contributed by atoms with Crippen LogP contribution in [0.1, 0.15) is 44.9 Å². The molecule has 6 nitrogen and oxygen atoms in total. The lowest BCUT2D eigenvalue weighted by Gasteiger charge is -2.26. The van der Waals surface area contributed by atoms with Crippen molar-refractivity contribution in [3.63, 3.8) is 0 Å². The minimum atomic E-state index is -3.81. The Hall–Kier alpha value is -1.56. The fraction of sp³-hybridized carbons (Fsp3) is 0.571. The van der Waals surface area contributed by atoms with Crippen molar-refractivity contribution < 1.29 is 12.6 Å². The van der Waals surface area contributed by atoms with Gasteiger partial charge in [-0.25, -0.2) is 0 Å². The normalized spacial score (nSPS) is 13.8. The molecule has 0 aromatic heterocycles. The Labute approximate surface area is 125 Å². The average molecular weight is 311 g/mol. The van der Waals surface area contributed by atoms with Crippen LogP contribution in [0.25, 0.3) is 10.4 Å². The maximum atomic E-state index is 12.5. The third kappa shape index (κ3) is 5.38. The van der Waals surface area contributed by atoms with Gasteiger partial charge in [-0.2, -0.15) is 8.42 Å². The first-order chi connectivity index (χ1) is 9.68. The van der Waals surface area contributed by atoms with Crippen LogP contribution in [0.5, 0.6) is 0 Å². The van der Waals surface area contributed by atoms with Crippen molar-refractivity contribution in [1.29, 1.82) is 0 Å². The summed E-state index contributed by atoms with van der Waals surface area (Å²) in [7, 11) is -3.81. The SMILES string of the molecule is CC(C)OS(=O)(=O)[C@H](CC(C)(C)N=[N+]=[N-])c1ccccc1. The zero-order valence-electron chi connectivity index (χ0n) is 12.7. The number of hydrogen-bond acceptors (Lipinski definition) is 4. The second-order valence-corrected chi connectivity index (χ2v) is 7.49. The molecular formula is C14H21N3O3S. The summed E-state index contributed by atoms with van der Waals surface area (Å²) in [6, 6.07) is 8.83. The number of azide groups is 1. The van der Waals surface area contributed by atoms with Crippen LogP contribution in [0.15, 0.2) is 35.4 Å². The van der Waals surface area contributed by atoms with Gasteiger partial charge in [-0.15, -0.1) is 0 Å². The van der Waals surface area contributed by atoms with Crippen molar-refractivity contribution in [2.75, 3.05) is 0 Å². The molecule has 0 saturated heterocycles. The molecule has 0 bridgehead atoms. The monoisotopic (exact) mass is 311 g/mol. The standard InChI is InChI=1S/C14H21N3O3S/c1-11(2)20-21(18,19)13(10-14(3,4)16-17-15)12-8-6-5-7-9-12/h5-9,11,13H,10H2,1-4H3/t13-/m1/s1. The fourth-order valence-corrected chi connectivity index (χ4v) is 3.78. The molecule has 0 unspecified atom stereocenters. The van der Waals surface area contributed by atoms with Crippen molar-refractivity contribution in [2.45, 2.75) is 51.0 Å². The molecule has 0 aliphatic heterocycles. The first-order valence-corrected chi connectivity index (χ1v) is 8.18. The van der Waals surface area contributed by atoms with Crippen LogP contribution in [0.4, 0.5) is 0 Å². The largest absolute Gasteiger partial charge is 0.274 e. The van der Waals surface area contributed by atoms with E-state index in [4.69, 9.17) is 9.71 Å². The van der Waals surface area contributed by atoms with Gasteiger partial charge in [0.2, 0.25) is 0 Å². The van der Waals surface area contributed by atoms with Crippen molar-refractivity contribution in [3.05, 3.63) is 46.3 Å². The number of benzene rings is 1. The summed E-state index contributed by atoms with van der Waals surface area (Å²) in [4.78, 5) is 2.79. The first-order valence-electron chi connectivity index (χ1n) is 6.71. The van der Waals surface area contributed by atoms with Crippen LogP contribution in [0.2, 0.25) is 0 Å². The second-order valence-electron chi connectivity index (χ2n) is 5.74. The molecule has 0 spiro atoms. The highest BCUT2D eigenvalue weighted by molar-refractivity contribution is 7.87. The molecule has 0 fully saturated rings. The van der Waals surface area contributed by atoms with Crippen molar-refractivity contribution in [1.82, 2.24) is 0 Å². The molecule has 0 saturated carbocycles. The quantitative estimate of drug-likeness (QED) is 0.330. The Kier molecular flexibility index (Phi) is 5.78. The summed E-state index contributed by atoms with van der Waals surface area (Å²) in [6.07, 6.45) is -0.292. The molecule has 7 heteroatoms. The third-order valence-corrected chi connectivity index (χ3v) is 4.64. The molecule has 0 N–H and O–H groups in total. The van der Waals surface area contributed by atoms with Crippen LogP contribution < -0.4 is 0 Å². The zero-order chi connectivity index (χ0) is 16.1. The topological polar surface area (TPSA) is 92.1 Å². The molecule has 1 rings (SSSR count). The first kappa shape index (κ1) is 17.5. The lowest BCUT2D eigenvalue weighted by atomic mass is 9.96. The van der Waals surface area contributed by atoms with Gasteiger partial charge in [-0.3, -0.25) is 4.18 Å². The predicted molar refractivity (Wildman–Crippen MR) is 82.2 cm³/mol. The highest BCUT2D eigenvalue weighted by Gasteiger charge is 2.34. The van der Waals surface area contributed by atoms with Gasteiger partial charge in [0.25, 0.3) is 10.1 Å². The smallest absolute Gasteiger partial charge is 0.267 e. The van der Waals surface area contributed by atoms with E-state index in [0.29, 0.717) is 5.56 Å². The molecule has 0 radical (unpaired) electrons. The van der Waals surface area contributed by atoms with Gasteiger partial charge in [-0.1, -0.05) is 49.3 Å². The molecule has 1 aromatic rings. The van der Waals surface area contributed by atoms with Crippen LogP contribution >= 0.6 is 0 Å². The van der Waals surface area contributed by atoms with E-state index >= 15 is 0 Å². The summed E-state index contributed by atoms with van der Waals surface area (Å²) in [5.41, 5.74) is 8.40. The molecule has 116 valence electrons. The fourth-order valence-electron chi connectivity index (χ4n) is 2.01. The van der Waals surface area contributed by atoms with E-state index in [-0.39, 0.29) is 6.42 Å². The Morgan fingerprint density at radius 1 is 1.29 bits per heavy atom. The summed E-state index contributed by atoms with van der Waals surface area (Å²) in [6.45, 7) is 6.73. The summed E-state index contributed by atoms with van der Waals surface area (Å²) >= 11 is 0. The van der Waals surface area contributed by atoms with Gasteiger partial charge >= 0.3 is 0 Å². The van der Waals surface area contributed by atoms with Gasteiger partial charge in [-0.05, 0) is 31.4 Å². The van der Waals surface area contributed by atoms with E-state index in [0.717, 1.165) is 0 Å². The van der Waals surface area contributed by atoms with Gasteiger partial charge in [0.05, 0.1) is 6.10 Å². The summed E-state index contributed by atoms with van der Waals surface area (Å²) in [5, 5.41) is 2.80. The van der Waals surface area contributed by atoms with E-state index in [1.807, 2.05) is 6.07 Å². The minimum Gasteiger partial charge on any atom is -0.267 e. The molecular weight excluding hydrogens is 290 g/mol. The van der Waals surface area contributed by atoms with Crippen LogP contribution in [-0.4, -0.2) is 20.1 Å². The second kappa shape index (κ2) is 6.93. The van der Waals surface area contributed by atoms with Crippen molar-refractivity contribution in [3.8, 4) is 0 Å². The number of hydrogen-bond donors (Lipinski definition) is 0. The molecule has 0 aliphatic rings. The summed E-state index contributed by atoms with van der Waals surface area (Å²) in [5.74, 6) is 0. The zero-order valence-corrected chi connectivity index (χ0v) is 13.5. The van der Waals surface area contributed by atoms with Crippen LogP contribution in [-0.2, 0) is 14.3 Å². The maximum absolute atomic E-state index is 12.5. The molecule has 1 aromatic carbocycles. The lowest BCUT2D eigenvalue weighted by molar-refractivity contribution is 0.241. The van der Waals surface area contributed by atoms with Gasteiger partial charge in [0.15, 0.2) is 0 Å². The van der Waals surface area contributed by atoms with Gasteiger partial charge in [0, 0.05) is 10.5 Å². The molecule has 1 atom stereocenters. The van der Waals surface area contributed by atoms with E-state index in [1.54, 1.807) is 52.0 Å². The van der Waals surface area contributed by atoms with Crippen molar-refractivity contribution in [2.24, 2.45) is 5.11 Å². The maximum Gasteiger partial charge on any atom is 0.274 e. The lowest BCUT2D eigenvalue weighted by Crippen LogP contribution is -2.27. The highest BCUT2D eigenvalue weighted by atomic mass is 32.2. The van der Waals surface area contributed by atoms with E-state index in [1.165, 1.54) is 0 Å². The van der Waals surface area contributed by atoms with Gasteiger partial charge < -0.3 is 0 Å². The Morgan fingerprint density at radius 2 is 1.86 bits per heavy atom. The number of rotatable bonds is 7. The molecule has 0 heterocycles. The molecule has 0 aliphatic carbocycles. The van der Waals surface area contributed by atoms with E-state index < -0.39 is 27.0 Å². The Balaban J connectivity index is 3.22. The Bertz CT molecular complexity index is 606. The minimum absolute atomic E-state index is 0.149. The highest BCUT2D eigenvalue weighted by Crippen LogP contribution is 2.34. The third-order valence-electron chi connectivity index (χ3n) is 2.85. The van der Waals surface area contributed by atoms with Crippen molar-refractivity contribution >= 4 is 10.1 Å². The van der Waals surface area contributed by atoms with E-state index in [2.05, 4.69) is 10.0 Å². The molecule has 21 heavy (non-hydrogen) atoms. The summed E-state index contributed by atoms with van der Waals surface area (Å²) < 4.78 is 30.0. The van der Waals surface area contributed by atoms with Crippen LogP contribution in [0.3, 0.4) is 0 Å². The molecule has 0 amide bonds. The van der Waals surface area contributed by atoms with E-state index in [9.17, 15) is 8.42 Å². The van der Waals surface area contributed by atoms with Crippen LogP contribution in [0, 0.1) is 0 Å². The Morgan fingerprint density at radius 3 is 2.33 bits per heavy atom. The predicted octanol–water partition coefficient (Wildman–Crippen LogP) is 3.96. The number of nitrogens with zero attached hydrogens (tertiary/aromatic N) is 3.